The molecule has 0 saturated carbocycles. The van der Waals surface area contributed by atoms with E-state index in [9.17, 15) is 19.5 Å². The highest BCUT2D eigenvalue weighted by Crippen LogP contribution is 2.12. The van der Waals surface area contributed by atoms with Gasteiger partial charge in [0.05, 0.1) is 40.3 Å². The van der Waals surface area contributed by atoms with Crippen LogP contribution in [-0.4, -0.2) is 75.5 Å². The third kappa shape index (κ3) is 35.7. The number of hydrogen-bond acceptors (Lipinski definition) is 7. The number of carboxylic acid groups (broad SMARTS) is 1. The topological polar surface area (TPSA) is 102 Å². The molecule has 0 aliphatic carbocycles. The van der Waals surface area contributed by atoms with Gasteiger partial charge < -0.3 is 28.6 Å². The molecule has 2 atom stereocenters. The van der Waals surface area contributed by atoms with Crippen LogP contribution in [0.2, 0.25) is 0 Å². The average Bonchev–Trinajstić information content (AvgIpc) is 3.14. The molecular weight excluding hydrogens is 691 g/mol. The minimum Gasteiger partial charge on any atom is -0.544 e. The van der Waals surface area contributed by atoms with Crippen molar-refractivity contribution in [1.29, 1.82) is 0 Å². The van der Waals surface area contributed by atoms with Gasteiger partial charge in [-0.05, 0) is 51.4 Å². The minimum absolute atomic E-state index is 0.00278. The number of unbranched alkanes of at least 4 members (excludes halogenated alkanes) is 11. The molecule has 0 rings (SSSR count). The number of carbonyl (C=O) groups excluding carboxylic acids is 3. The van der Waals surface area contributed by atoms with Crippen LogP contribution < -0.4 is 5.11 Å². The molecule has 0 fully saturated rings. The first-order valence-electron chi connectivity index (χ1n) is 20.9. The van der Waals surface area contributed by atoms with Crippen LogP contribution in [0.25, 0.3) is 0 Å². The number of likely N-dealkylation sites (N-methyl/N-ethyl adjacent to an activating group) is 1. The van der Waals surface area contributed by atoms with Crippen molar-refractivity contribution in [1.82, 2.24) is 0 Å². The highest BCUT2D eigenvalue weighted by molar-refractivity contribution is 5.70. The van der Waals surface area contributed by atoms with Gasteiger partial charge in [-0.1, -0.05) is 156 Å². The Balaban J connectivity index is 4.54. The van der Waals surface area contributed by atoms with E-state index in [1.807, 2.05) is 54.7 Å². The third-order valence-corrected chi connectivity index (χ3v) is 8.64. The molecule has 0 aromatic carbocycles. The Morgan fingerprint density at radius 1 is 0.564 bits per heavy atom. The lowest BCUT2D eigenvalue weighted by Gasteiger charge is -2.34. The van der Waals surface area contributed by atoms with E-state index in [4.69, 9.17) is 14.2 Å². The molecule has 0 heterocycles. The molecule has 0 N–H and O–H groups in total. The lowest BCUT2D eigenvalue weighted by molar-refractivity contribution is -0.889. The zero-order valence-corrected chi connectivity index (χ0v) is 35.0. The summed E-state index contributed by atoms with van der Waals surface area (Å²) < 4.78 is 17.0. The minimum atomic E-state index is -1.14. The van der Waals surface area contributed by atoms with E-state index in [0.29, 0.717) is 6.42 Å². The molecule has 8 heteroatoms. The van der Waals surface area contributed by atoms with Crippen molar-refractivity contribution in [3.05, 3.63) is 97.2 Å². The van der Waals surface area contributed by atoms with Crippen LogP contribution in [0.3, 0.4) is 0 Å². The van der Waals surface area contributed by atoms with Crippen LogP contribution in [0.15, 0.2) is 97.2 Å². The van der Waals surface area contributed by atoms with Gasteiger partial charge in [0, 0.05) is 19.3 Å². The maximum Gasteiger partial charge on any atom is 0.306 e. The van der Waals surface area contributed by atoms with Gasteiger partial charge in [0.2, 0.25) is 0 Å². The molecule has 0 radical (unpaired) electrons. The summed E-state index contributed by atoms with van der Waals surface area (Å²) in [5.74, 6) is -1.87. The van der Waals surface area contributed by atoms with E-state index in [1.54, 1.807) is 21.1 Å². The van der Waals surface area contributed by atoms with Gasteiger partial charge in [0.15, 0.2) is 6.10 Å². The monoisotopic (exact) mass is 766 g/mol. The predicted octanol–water partition coefficient (Wildman–Crippen LogP) is 9.79. The van der Waals surface area contributed by atoms with Crippen LogP contribution in [0.4, 0.5) is 0 Å². The molecule has 0 saturated heterocycles. The van der Waals surface area contributed by atoms with Gasteiger partial charge in [-0.25, -0.2) is 0 Å². The van der Waals surface area contributed by atoms with Crippen LogP contribution in [0, 0.1) is 0 Å². The summed E-state index contributed by atoms with van der Waals surface area (Å²) in [4.78, 5) is 36.7. The first-order valence-corrected chi connectivity index (χ1v) is 20.9. The lowest BCUT2D eigenvalue weighted by atomic mass is 10.1. The molecule has 310 valence electrons. The quantitative estimate of drug-likeness (QED) is 0.0274. The summed E-state index contributed by atoms with van der Waals surface area (Å²) in [5.41, 5.74) is 0. The highest BCUT2D eigenvalue weighted by Gasteiger charge is 2.25. The van der Waals surface area contributed by atoms with E-state index in [1.165, 1.54) is 32.1 Å². The molecule has 55 heavy (non-hydrogen) atoms. The van der Waals surface area contributed by atoms with E-state index < -0.39 is 18.1 Å². The average molecular weight is 766 g/mol. The lowest BCUT2D eigenvalue weighted by Crippen LogP contribution is -2.55. The van der Waals surface area contributed by atoms with E-state index in [2.05, 4.69) is 56.4 Å². The van der Waals surface area contributed by atoms with Crippen LogP contribution in [-0.2, 0) is 28.6 Å². The summed E-state index contributed by atoms with van der Waals surface area (Å²) >= 11 is 0. The van der Waals surface area contributed by atoms with Gasteiger partial charge in [0.25, 0.3) is 0 Å². The van der Waals surface area contributed by atoms with Gasteiger partial charge in [-0.2, -0.15) is 0 Å². The number of carbonyl (C=O) groups is 3. The van der Waals surface area contributed by atoms with Gasteiger partial charge in [0.1, 0.15) is 12.6 Å². The number of ether oxygens (including phenoxy) is 3. The van der Waals surface area contributed by atoms with Gasteiger partial charge in [-0.15, -0.1) is 0 Å². The zero-order valence-electron chi connectivity index (χ0n) is 35.0. The SMILES string of the molecule is CC/C=C/C=C/C=C/C=C/C=C/CCCC(=O)OCC(COCCC(C(=O)[O-])[N+](C)(C)C)OC(=O)CCCCCCC/C=C/C=C/C=C/CCCCCCC. The number of quaternary nitrogens is 1. The first kappa shape index (κ1) is 51.2. The van der Waals surface area contributed by atoms with Crippen molar-refractivity contribution in [2.75, 3.05) is 41.0 Å². The summed E-state index contributed by atoms with van der Waals surface area (Å²) in [5, 5.41) is 11.6. The second-order valence-corrected chi connectivity index (χ2v) is 14.7. The highest BCUT2D eigenvalue weighted by atomic mass is 16.6. The van der Waals surface area contributed by atoms with Crippen LogP contribution >= 0.6 is 0 Å². The molecule has 0 aromatic rings. The Hall–Kier alpha value is -3.75. The third-order valence-electron chi connectivity index (χ3n) is 8.64. The molecule has 0 aliphatic rings. The Bertz CT molecular complexity index is 1220. The summed E-state index contributed by atoms with van der Waals surface area (Å²) in [6, 6.07) is -0.746. The molecule has 0 amide bonds. The fourth-order valence-corrected chi connectivity index (χ4v) is 5.39. The normalized spacial score (nSPS) is 14.0. The van der Waals surface area contributed by atoms with Crippen molar-refractivity contribution in [2.45, 2.75) is 142 Å². The Morgan fingerprint density at radius 2 is 1.04 bits per heavy atom. The molecule has 0 spiro atoms. The fraction of sp³-hybridized carbons (Fsp3) is 0.596. The van der Waals surface area contributed by atoms with Crippen molar-refractivity contribution >= 4 is 17.9 Å². The molecule has 0 bridgehead atoms. The summed E-state index contributed by atoms with van der Waals surface area (Å²) in [6.07, 6.45) is 48.7. The number of nitrogens with zero attached hydrogens (tertiary/aromatic N) is 1. The first-order chi connectivity index (χ1) is 26.6. The second-order valence-electron chi connectivity index (χ2n) is 14.7. The molecule has 8 nitrogen and oxygen atoms in total. The molecule has 0 aliphatic heterocycles. The van der Waals surface area contributed by atoms with Crippen molar-refractivity contribution in [2.24, 2.45) is 0 Å². The van der Waals surface area contributed by atoms with Crippen LogP contribution in [0.5, 0.6) is 0 Å². The Labute approximate surface area is 335 Å². The summed E-state index contributed by atoms with van der Waals surface area (Å²) in [6.45, 7) is 4.37. The zero-order chi connectivity index (χ0) is 40.7. The molecule has 2 unspecified atom stereocenters. The Kier molecular flexibility index (Phi) is 34.7. The maximum atomic E-state index is 12.7. The number of allylic oxidation sites excluding steroid dienone is 16. The van der Waals surface area contributed by atoms with E-state index >= 15 is 0 Å². The van der Waals surface area contributed by atoms with Crippen LogP contribution in [0.1, 0.15) is 129 Å². The van der Waals surface area contributed by atoms with Crippen molar-refractivity contribution < 1.29 is 38.2 Å². The Morgan fingerprint density at radius 3 is 1.56 bits per heavy atom. The van der Waals surface area contributed by atoms with E-state index in [-0.39, 0.29) is 55.5 Å². The van der Waals surface area contributed by atoms with Crippen molar-refractivity contribution in [3.8, 4) is 0 Å². The van der Waals surface area contributed by atoms with Crippen molar-refractivity contribution in [3.63, 3.8) is 0 Å². The number of aliphatic carboxylic acids is 1. The summed E-state index contributed by atoms with van der Waals surface area (Å²) in [7, 11) is 5.36. The number of rotatable bonds is 35. The largest absolute Gasteiger partial charge is 0.544 e. The number of hydrogen-bond donors (Lipinski definition) is 0. The number of esters is 2. The fourth-order valence-electron chi connectivity index (χ4n) is 5.39. The van der Waals surface area contributed by atoms with Gasteiger partial charge in [-0.3, -0.25) is 9.59 Å². The van der Waals surface area contributed by atoms with Gasteiger partial charge >= 0.3 is 11.9 Å². The maximum absolute atomic E-state index is 12.7. The predicted molar refractivity (Wildman–Crippen MR) is 226 cm³/mol. The van der Waals surface area contributed by atoms with E-state index in [0.717, 1.165) is 57.8 Å². The number of carboxylic acids is 1. The molecule has 0 aromatic heterocycles. The standard InChI is InChI=1S/C47H75NO7/c1-6-8-10-12-14-16-18-20-21-22-23-24-26-28-30-32-34-36-38-46(50)55-43(41-53-40-39-44(47(51)52)48(3,4)5)42-54-45(49)37-35-33-31-29-27-25-19-17-15-13-11-9-7-2/h9,11,13,15,17-25,27,29,31,43-44H,6-8,10,12,14,16,26,28,30,32-42H2,1-5H3/b11-9+,15-13+,19-17+,20-18+,22-21+,24-23+,27-25+,31-29+. The second kappa shape index (κ2) is 37.2. The smallest absolute Gasteiger partial charge is 0.306 e. The molecular formula is C47H75NO7.